The molecule has 1 aliphatic heterocycles. The van der Waals surface area contributed by atoms with E-state index in [1.54, 1.807) is 0 Å². The van der Waals surface area contributed by atoms with E-state index in [1.807, 2.05) is 0 Å². The van der Waals surface area contributed by atoms with Crippen molar-refractivity contribution in [3.63, 3.8) is 0 Å². The smallest absolute Gasteiger partial charge is 0.221 e. The predicted molar refractivity (Wildman–Crippen MR) is 80.7 cm³/mol. The molecule has 0 aromatic heterocycles. The van der Waals surface area contributed by atoms with Gasteiger partial charge in [0, 0.05) is 19.0 Å². The Hall–Kier alpha value is -1.06. The van der Waals surface area contributed by atoms with Gasteiger partial charge in [0.15, 0.2) is 0 Å². The zero-order valence-corrected chi connectivity index (χ0v) is 12.5. The summed E-state index contributed by atoms with van der Waals surface area (Å²) >= 11 is 0. The van der Waals surface area contributed by atoms with Crippen molar-refractivity contribution in [1.82, 2.24) is 10.6 Å². The Morgan fingerprint density at radius 2 is 2.21 bits per heavy atom. The number of benzene rings is 1. The lowest BCUT2D eigenvalue weighted by Crippen LogP contribution is -2.31. The lowest BCUT2D eigenvalue weighted by molar-refractivity contribution is -0.121. The van der Waals surface area contributed by atoms with Gasteiger partial charge in [0.2, 0.25) is 5.91 Å². The van der Waals surface area contributed by atoms with Crippen LogP contribution in [0.2, 0.25) is 0 Å². The Bertz CT molecular complexity index is 428. The highest BCUT2D eigenvalue weighted by molar-refractivity contribution is 5.85. The van der Waals surface area contributed by atoms with Gasteiger partial charge in [-0.2, -0.15) is 0 Å². The first-order chi connectivity index (χ1) is 8.65. The van der Waals surface area contributed by atoms with Crippen LogP contribution in [0.5, 0.6) is 0 Å². The average Bonchev–Trinajstić information content (AvgIpc) is 2.80. The molecule has 3 nitrogen and oxygen atoms in total. The van der Waals surface area contributed by atoms with Crippen LogP contribution < -0.4 is 10.6 Å². The number of amides is 1. The fourth-order valence-corrected chi connectivity index (χ4v) is 2.46. The van der Waals surface area contributed by atoms with Crippen LogP contribution in [0.25, 0.3) is 0 Å². The number of nitrogens with one attached hydrogen (secondary N) is 2. The molecule has 0 radical (unpaired) electrons. The molecule has 0 aliphatic carbocycles. The Labute approximate surface area is 121 Å². The SMILES string of the molecule is Cc1ccc(CNC(=O)CC2CCCN2)c(C)c1.Cl. The van der Waals surface area contributed by atoms with Gasteiger partial charge >= 0.3 is 0 Å². The average molecular weight is 283 g/mol. The van der Waals surface area contributed by atoms with Gasteiger partial charge in [-0.1, -0.05) is 23.8 Å². The van der Waals surface area contributed by atoms with Crippen LogP contribution in [-0.4, -0.2) is 18.5 Å². The summed E-state index contributed by atoms with van der Waals surface area (Å²) in [7, 11) is 0. The van der Waals surface area contributed by atoms with Gasteiger partial charge < -0.3 is 10.6 Å². The van der Waals surface area contributed by atoms with Gasteiger partial charge in [0.05, 0.1) is 0 Å². The molecule has 19 heavy (non-hydrogen) atoms. The number of hydrogen-bond donors (Lipinski definition) is 2. The third kappa shape index (κ3) is 4.84. The third-order valence-electron chi connectivity index (χ3n) is 3.57. The van der Waals surface area contributed by atoms with Crippen molar-refractivity contribution < 1.29 is 4.79 Å². The Morgan fingerprint density at radius 1 is 1.42 bits per heavy atom. The highest BCUT2D eigenvalue weighted by Crippen LogP contribution is 2.11. The van der Waals surface area contributed by atoms with Crippen molar-refractivity contribution in [3.05, 3.63) is 34.9 Å². The molecule has 0 saturated carbocycles. The summed E-state index contributed by atoms with van der Waals surface area (Å²) < 4.78 is 0. The quantitative estimate of drug-likeness (QED) is 0.891. The van der Waals surface area contributed by atoms with Gasteiger partial charge in [-0.15, -0.1) is 12.4 Å². The molecule has 1 aromatic rings. The maximum Gasteiger partial charge on any atom is 0.221 e. The van der Waals surface area contributed by atoms with E-state index in [0.717, 1.165) is 13.0 Å². The minimum absolute atomic E-state index is 0. The number of carbonyl (C=O) groups excluding carboxylic acids is 1. The van der Waals surface area contributed by atoms with Crippen molar-refractivity contribution in [3.8, 4) is 0 Å². The number of hydrogen-bond acceptors (Lipinski definition) is 2. The second kappa shape index (κ2) is 7.51. The summed E-state index contributed by atoms with van der Waals surface area (Å²) in [5.74, 6) is 0.148. The summed E-state index contributed by atoms with van der Waals surface area (Å²) in [6.45, 7) is 5.86. The van der Waals surface area contributed by atoms with E-state index in [-0.39, 0.29) is 18.3 Å². The van der Waals surface area contributed by atoms with E-state index in [2.05, 4.69) is 42.7 Å². The van der Waals surface area contributed by atoms with Gasteiger partial charge in [0.1, 0.15) is 0 Å². The van der Waals surface area contributed by atoms with Crippen LogP contribution in [0.3, 0.4) is 0 Å². The molecule has 1 aliphatic rings. The van der Waals surface area contributed by atoms with Gasteiger partial charge in [-0.25, -0.2) is 0 Å². The molecule has 1 saturated heterocycles. The lowest BCUT2D eigenvalue weighted by atomic mass is 10.1. The van der Waals surface area contributed by atoms with E-state index in [9.17, 15) is 4.79 Å². The molecule has 2 rings (SSSR count). The normalized spacial score (nSPS) is 17.9. The molecular weight excluding hydrogens is 260 g/mol. The van der Waals surface area contributed by atoms with Crippen LogP contribution >= 0.6 is 12.4 Å². The van der Waals surface area contributed by atoms with Crippen LogP contribution in [-0.2, 0) is 11.3 Å². The molecule has 2 N–H and O–H groups in total. The molecule has 0 spiro atoms. The molecule has 0 bridgehead atoms. The standard InChI is InChI=1S/C15H22N2O.ClH/c1-11-5-6-13(12(2)8-11)10-17-15(18)9-14-4-3-7-16-14;/h5-6,8,14,16H,3-4,7,9-10H2,1-2H3,(H,17,18);1H. The molecule has 1 unspecified atom stereocenters. The molecular formula is C15H23ClN2O. The monoisotopic (exact) mass is 282 g/mol. The molecule has 1 fully saturated rings. The Kier molecular flexibility index (Phi) is 6.32. The molecule has 1 amide bonds. The number of carbonyl (C=O) groups is 1. The predicted octanol–water partition coefficient (Wildman–Crippen LogP) is 2.48. The van der Waals surface area contributed by atoms with Crippen LogP contribution in [0.1, 0.15) is 36.0 Å². The third-order valence-corrected chi connectivity index (χ3v) is 3.57. The van der Waals surface area contributed by atoms with Crippen LogP contribution in [0.15, 0.2) is 18.2 Å². The molecule has 106 valence electrons. The largest absolute Gasteiger partial charge is 0.352 e. The van der Waals surface area contributed by atoms with Gasteiger partial charge in [0.25, 0.3) is 0 Å². The minimum atomic E-state index is 0. The number of halogens is 1. The summed E-state index contributed by atoms with van der Waals surface area (Å²) in [6, 6.07) is 6.72. The Morgan fingerprint density at radius 3 is 2.84 bits per heavy atom. The van der Waals surface area contributed by atoms with Crippen molar-refractivity contribution in [2.24, 2.45) is 0 Å². The first kappa shape index (κ1) is 16.0. The molecule has 1 atom stereocenters. The second-order valence-electron chi connectivity index (χ2n) is 5.20. The number of rotatable bonds is 4. The molecule has 4 heteroatoms. The summed E-state index contributed by atoms with van der Waals surface area (Å²) in [5.41, 5.74) is 3.71. The van der Waals surface area contributed by atoms with E-state index < -0.39 is 0 Å². The van der Waals surface area contributed by atoms with E-state index in [0.29, 0.717) is 19.0 Å². The first-order valence-electron chi connectivity index (χ1n) is 6.71. The molecule has 1 heterocycles. The van der Waals surface area contributed by atoms with Gasteiger partial charge in [-0.3, -0.25) is 4.79 Å². The Balaban J connectivity index is 0.00000180. The molecule has 1 aromatic carbocycles. The fraction of sp³-hybridized carbons (Fsp3) is 0.533. The van der Waals surface area contributed by atoms with Crippen LogP contribution in [0.4, 0.5) is 0 Å². The van der Waals surface area contributed by atoms with Crippen molar-refractivity contribution >= 4 is 18.3 Å². The first-order valence-corrected chi connectivity index (χ1v) is 6.71. The van der Waals surface area contributed by atoms with E-state index in [1.165, 1.54) is 23.1 Å². The van der Waals surface area contributed by atoms with E-state index >= 15 is 0 Å². The highest BCUT2D eigenvalue weighted by Gasteiger charge is 2.17. The van der Waals surface area contributed by atoms with Crippen molar-refractivity contribution in [2.45, 2.75) is 45.7 Å². The van der Waals surface area contributed by atoms with Gasteiger partial charge in [-0.05, 0) is 44.4 Å². The minimum Gasteiger partial charge on any atom is -0.352 e. The van der Waals surface area contributed by atoms with Crippen molar-refractivity contribution in [1.29, 1.82) is 0 Å². The summed E-state index contributed by atoms with van der Waals surface area (Å²) in [5, 5.41) is 6.35. The maximum atomic E-state index is 11.8. The van der Waals surface area contributed by atoms with Crippen molar-refractivity contribution in [2.75, 3.05) is 6.54 Å². The van der Waals surface area contributed by atoms with Crippen LogP contribution in [0, 0.1) is 13.8 Å². The zero-order chi connectivity index (χ0) is 13.0. The van der Waals surface area contributed by atoms with E-state index in [4.69, 9.17) is 0 Å². The topological polar surface area (TPSA) is 41.1 Å². The number of aryl methyl sites for hydroxylation is 2. The highest BCUT2D eigenvalue weighted by atomic mass is 35.5. The summed E-state index contributed by atoms with van der Waals surface area (Å²) in [4.78, 5) is 11.8. The zero-order valence-electron chi connectivity index (χ0n) is 11.7. The summed E-state index contributed by atoms with van der Waals surface area (Å²) in [6.07, 6.45) is 2.91. The lowest BCUT2D eigenvalue weighted by Gasteiger charge is -2.12. The fourth-order valence-electron chi connectivity index (χ4n) is 2.46. The maximum absolute atomic E-state index is 11.8. The second-order valence-corrected chi connectivity index (χ2v) is 5.20.